The molecule has 1 atom stereocenters. The minimum atomic E-state index is -0.696. The Hall–Kier alpha value is -3.15. The third-order valence-corrected chi connectivity index (χ3v) is 4.30. The van der Waals surface area contributed by atoms with E-state index in [1.807, 2.05) is 32.0 Å². The predicted octanol–water partition coefficient (Wildman–Crippen LogP) is 2.87. The fraction of sp³-hybridized carbons (Fsp3) is 0.250. The van der Waals surface area contributed by atoms with Crippen molar-refractivity contribution in [3.05, 3.63) is 53.1 Å². The molecule has 3 rings (SSSR count). The molecule has 1 aliphatic heterocycles. The quantitative estimate of drug-likeness (QED) is 0.859. The van der Waals surface area contributed by atoms with Crippen LogP contribution in [0, 0.1) is 13.8 Å². The summed E-state index contributed by atoms with van der Waals surface area (Å²) >= 11 is 0. The molecule has 1 heterocycles. The molecule has 0 fully saturated rings. The van der Waals surface area contributed by atoms with Gasteiger partial charge < -0.3 is 10.1 Å². The number of benzene rings is 2. The Kier molecular flexibility index (Phi) is 4.75. The van der Waals surface area contributed by atoms with Crippen molar-refractivity contribution in [1.82, 2.24) is 0 Å². The van der Waals surface area contributed by atoms with E-state index in [0.29, 0.717) is 29.0 Å². The van der Waals surface area contributed by atoms with Gasteiger partial charge in [-0.2, -0.15) is 0 Å². The molecule has 2 aromatic rings. The van der Waals surface area contributed by atoms with E-state index in [1.54, 1.807) is 25.1 Å². The largest absolute Gasteiger partial charge is 0.479 e. The summed E-state index contributed by atoms with van der Waals surface area (Å²) in [6.45, 7) is 5.33. The summed E-state index contributed by atoms with van der Waals surface area (Å²) in [4.78, 5) is 37.5. The van der Waals surface area contributed by atoms with Crippen molar-refractivity contribution < 1.29 is 19.1 Å². The first kappa shape index (κ1) is 17.7. The van der Waals surface area contributed by atoms with Crippen molar-refractivity contribution in [2.75, 3.05) is 16.8 Å². The standard InChI is InChI=1S/C20H20N2O4/c1-12-4-5-13(2)16(8-12)21-19(24)10-22-17-9-15(11-23)6-7-18(17)26-14(3)20(22)25/h4-9,11,14H,10H2,1-3H3,(H,21,24). The van der Waals surface area contributed by atoms with Gasteiger partial charge >= 0.3 is 0 Å². The Bertz CT molecular complexity index is 891. The van der Waals surface area contributed by atoms with E-state index >= 15 is 0 Å². The van der Waals surface area contributed by atoms with E-state index in [-0.39, 0.29) is 18.4 Å². The number of hydrogen-bond donors (Lipinski definition) is 1. The number of aldehydes is 1. The molecule has 0 bridgehead atoms. The third-order valence-electron chi connectivity index (χ3n) is 4.30. The van der Waals surface area contributed by atoms with Gasteiger partial charge in [0.1, 0.15) is 18.6 Å². The van der Waals surface area contributed by atoms with Crippen LogP contribution in [0.5, 0.6) is 5.75 Å². The van der Waals surface area contributed by atoms with E-state index in [2.05, 4.69) is 5.32 Å². The van der Waals surface area contributed by atoms with Crippen molar-refractivity contribution in [2.45, 2.75) is 26.9 Å². The van der Waals surface area contributed by atoms with Gasteiger partial charge in [-0.1, -0.05) is 12.1 Å². The van der Waals surface area contributed by atoms with Crippen LogP contribution in [0.4, 0.5) is 11.4 Å². The van der Waals surface area contributed by atoms with Crippen molar-refractivity contribution in [2.24, 2.45) is 0 Å². The summed E-state index contributed by atoms with van der Waals surface area (Å²) in [6, 6.07) is 10.6. The molecule has 1 unspecified atom stereocenters. The number of nitrogens with one attached hydrogen (secondary N) is 1. The second-order valence-corrected chi connectivity index (χ2v) is 6.40. The summed E-state index contributed by atoms with van der Waals surface area (Å²) in [5, 5.41) is 2.85. The van der Waals surface area contributed by atoms with Gasteiger partial charge in [-0.25, -0.2) is 0 Å². The molecular formula is C20H20N2O4. The Morgan fingerprint density at radius 1 is 1.23 bits per heavy atom. The van der Waals surface area contributed by atoms with Crippen LogP contribution in [0.15, 0.2) is 36.4 Å². The zero-order valence-corrected chi connectivity index (χ0v) is 14.9. The van der Waals surface area contributed by atoms with Crippen molar-refractivity contribution >= 4 is 29.5 Å². The van der Waals surface area contributed by atoms with Gasteiger partial charge in [-0.3, -0.25) is 19.3 Å². The van der Waals surface area contributed by atoms with E-state index < -0.39 is 6.10 Å². The molecule has 0 aliphatic carbocycles. The molecule has 26 heavy (non-hydrogen) atoms. The Labute approximate surface area is 151 Å². The summed E-state index contributed by atoms with van der Waals surface area (Å²) in [6.07, 6.45) is -0.00460. The Morgan fingerprint density at radius 3 is 2.73 bits per heavy atom. The highest BCUT2D eigenvalue weighted by Gasteiger charge is 2.33. The van der Waals surface area contributed by atoms with Crippen molar-refractivity contribution in [3.63, 3.8) is 0 Å². The van der Waals surface area contributed by atoms with Crippen LogP contribution in [-0.2, 0) is 9.59 Å². The number of aryl methyl sites for hydroxylation is 2. The number of anilines is 2. The lowest BCUT2D eigenvalue weighted by molar-refractivity contribution is -0.127. The summed E-state index contributed by atoms with van der Waals surface area (Å²) in [5.74, 6) is -0.164. The smallest absolute Gasteiger partial charge is 0.268 e. The number of fused-ring (bicyclic) bond motifs is 1. The van der Waals surface area contributed by atoms with E-state index in [9.17, 15) is 14.4 Å². The highest BCUT2D eigenvalue weighted by molar-refractivity contribution is 6.06. The molecule has 2 aromatic carbocycles. The number of nitrogens with zero attached hydrogens (tertiary/aromatic N) is 1. The molecule has 6 nitrogen and oxygen atoms in total. The molecule has 134 valence electrons. The summed E-state index contributed by atoms with van der Waals surface area (Å²) < 4.78 is 5.57. The maximum atomic E-state index is 12.5. The van der Waals surface area contributed by atoms with Crippen LogP contribution in [-0.4, -0.2) is 30.7 Å². The molecule has 0 saturated carbocycles. The zero-order valence-electron chi connectivity index (χ0n) is 14.9. The summed E-state index contributed by atoms with van der Waals surface area (Å²) in [5.41, 5.74) is 3.52. The molecule has 2 amide bonds. The fourth-order valence-electron chi connectivity index (χ4n) is 2.86. The van der Waals surface area contributed by atoms with Gasteiger partial charge in [0.05, 0.1) is 5.69 Å². The maximum Gasteiger partial charge on any atom is 0.268 e. The second-order valence-electron chi connectivity index (χ2n) is 6.40. The van der Waals surface area contributed by atoms with Crippen LogP contribution in [0.25, 0.3) is 0 Å². The average Bonchev–Trinajstić information content (AvgIpc) is 2.61. The molecule has 6 heteroatoms. The number of rotatable bonds is 4. The first-order valence-corrected chi connectivity index (χ1v) is 8.33. The lowest BCUT2D eigenvalue weighted by atomic mass is 10.1. The molecule has 0 spiro atoms. The van der Waals surface area contributed by atoms with Crippen molar-refractivity contribution in [3.8, 4) is 5.75 Å². The number of ether oxygens (including phenoxy) is 1. The van der Waals surface area contributed by atoms with E-state index in [1.165, 1.54) is 4.90 Å². The van der Waals surface area contributed by atoms with Gasteiger partial charge in [0, 0.05) is 11.3 Å². The topological polar surface area (TPSA) is 75.7 Å². The predicted molar refractivity (Wildman–Crippen MR) is 98.8 cm³/mol. The van der Waals surface area contributed by atoms with Gasteiger partial charge in [-0.15, -0.1) is 0 Å². The first-order valence-electron chi connectivity index (χ1n) is 8.33. The normalized spacial score (nSPS) is 15.9. The molecule has 1 N–H and O–H groups in total. The van der Waals surface area contributed by atoms with Crippen LogP contribution < -0.4 is 15.0 Å². The molecule has 0 aromatic heterocycles. The van der Waals surface area contributed by atoms with Crippen LogP contribution in [0.1, 0.15) is 28.4 Å². The van der Waals surface area contributed by atoms with E-state index in [4.69, 9.17) is 4.74 Å². The summed E-state index contributed by atoms with van der Waals surface area (Å²) in [7, 11) is 0. The van der Waals surface area contributed by atoms with Gasteiger partial charge in [-0.05, 0) is 56.2 Å². The minimum absolute atomic E-state index is 0.158. The molecule has 1 aliphatic rings. The minimum Gasteiger partial charge on any atom is -0.479 e. The molecule has 0 radical (unpaired) electrons. The lowest BCUT2D eigenvalue weighted by Gasteiger charge is -2.32. The van der Waals surface area contributed by atoms with E-state index in [0.717, 1.165) is 11.1 Å². The Balaban J connectivity index is 1.86. The van der Waals surface area contributed by atoms with Crippen molar-refractivity contribution in [1.29, 1.82) is 0 Å². The highest BCUT2D eigenvalue weighted by atomic mass is 16.5. The van der Waals surface area contributed by atoms with Crippen LogP contribution >= 0.6 is 0 Å². The first-order chi connectivity index (χ1) is 12.4. The second kappa shape index (κ2) is 7.00. The van der Waals surface area contributed by atoms with Gasteiger partial charge in [0.25, 0.3) is 5.91 Å². The SMILES string of the molecule is Cc1ccc(C)c(NC(=O)CN2C(=O)C(C)Oc3ccc(C=O)cc32)c1. The number of amides is 2. The van der Waals surface area contributed by atoms with Gasteiger partial charge in [0.15, 0.2) is 6.10 Å². The lowest BCUT2D eigenvalue weighted by Crippen LogP contribution is -2.47. The van der Waals surface area contributed by atoms with Gasteiger partial charge in [0.2, 0.25) is 5.91 Å². The average molecular weight is 352 g/mol. The number of carbonyl (C=O) groups excluding carboxylic acids is 3. The van der Waals surface area contributed by atoms with Crippen LogP contribution in [0.3, 0.4) is 0 Å². The highest BCUT2D eigenvalue weighted by Crippen LogP contribution is 2.34. The zero-order chi connectivity index (χ0) is 18.8. The fourth-order valence-corrected chi connectivity index (χ4v) is 2.86. The maximum absolute atomic E-state index is 12.5. The third kappa shape index (κ3) is 3.44. The molecular weight excluding hydrogens is 332 g/mol. The van der Waals surface area contributed by atoms with Crippen LogP contribution in [0.2, 0.25) is 0 Å². The number of carbonyl (C=O) groups is 3. The monoisotopic (exact) mass is 352 g/mol. The Morgan fingerprint density at radius 2 is 2.00 bits per heavy atom. The molecule has 0 saturated heterocycles. The number of hydrogen-bond acceptors (Lipinski definition) is 4.